The average molecular weight is 356 g/mol. The van der Waals surface area contributed by atoms with Gasteiger partial charge in [0.1, 0.15) is 23.5 Å². The monoisotopic (exact) mass is 356 g/mol. The zero-order valence-electron chi connectivity index (χ0n) is 16.0. The largest absolute Gasteiger partial charge is 0.489 e. The molecule has 0 saturated heterocycles. The van der Waals surface area contributed by atoms with E-state index in [0.29, 0.717) is 6.54 Å². The summed E-state index contributed by atoms with van der Waals surface area (Å²) in [6.07, 6.45) is 2.12. The van der Waals surface area contributed by atoms with Crippen molar-refractivity contribution in [2.24, 2.45) is 4.99 Å². The molecule has 7 nitrogen and oxygen atoms in total. The van der Waals surface area contributed by atoms with Gasteiger partial charge in [0.05, 0.1) is 12.6 Å². The summed E-state index contributed by atoms with van der Waals surface area (Å²) < 4.78 is 7.96. The number of nitrogens with zero attached hydrogens (tertiary/aromatic N) is 4. The first-order valence-electron chi connectivity index (χ1n) is 9.17. The van der Waals surface area contributed by atoms with Crippen molar-refractivity contribution < 1.29 is 4.74 Å². The molecule has 0 amide bonds. The number of hydrogen-bond acceptors (Lipinski definition) is 4. The van der Waals surface area contributed by atoms with Crippen LogP contribution in [-0.2, 0) is 6.54 Å². The first-order chi connectivity index (χ1) is 12.5. The van der Waals surface area contributed by atoms with Crippen molar-refractivity contribution in [2.75, 3.05) is 13.6 Å². The predicted molar refractivity (Wildman–Crippen MR) is 103 cm³/mol. The normalized spacial score (nSPS) is 18.2. The highest BCUT2D eigenvalue weighted by Gasteiger charge is 2.24. The van der Waals surface area contributed by atoms with Crippen LogP contribution >= 0.6 is 0 Å². The van der Waals surface area contributed by atoms with Gasteiger partial charge in [-0.05, 0) is 51.3 Å². The van der Waals surface area contributed by atoms with Crippen LogP contribution in [0.5, 0.6) is 5.75 Å². The number of nitrogens with one attached hydrogen (secondary N) is 2. The molecule has 2 aromatic rings. The minimum Gasteiger partial charge on any atom is -0.489 e. The van der Waals surface area contributed by atoms with E-state index in [0.717, 1.165) is 42.7 Å². The third kappa shape index (κ3) is 4.53. The summed E-state index contributed by atoms with van der Waals surface area (Å²) in [6.45, 7) is 7.63. The lowest BCUT2D eigenvalue weighted by Gasteiger charge is -2.25. The molecule has 3 rings (SSSR count). The number of aromatic nitrogens is 3. The molecule has 2 heterocycles. The Morgan fingerprint density at radius 3 is 3.04 bits per heavy atom. The lowest BCUT2D eigenvalue weighted by Crippen LogP contribution is -2.44. The number of guanidine groups is 1. The van der Waals surface area contributed by atoms with Crippen LogP contribution in [0.25, 0.3) is 0 Å². The number of ether oxygens (including phenoxy) is 1. The molecule has 0 spiro atoms. The summed E-state index contributed by atoms with van der Waals surface area (Å²) in [5.41, 5.74) is 1.19. The first-order valence-corrected chi connectivity index (χ1v) is 9.17. The minimum atomic E-state index is 0.0209. The van der Waals surface area contributed by atoms with Gasteiger partial charge in [-0.1, -0.05) is 12.1 Å². The predicted octanol–water partition coefficient (Wildman–Crippen LogP) is 2.36. The smallest absolute Gasteiger partial charge is 0.191 e. The summed E-state index contributed by atoms with van der Waals surface area (Å²) >= 11 is 0. The molecule has 0 bridgehead atoms. The molecule has 1 aliphatic rings. The van der Waals surface area contributed by atoms with Crippen LogP contribution in [0, 0.1) is 13.8 Å². The van der Waals surface area contributed by atoms with E-state index in [2.05, 4.69) is 38.7 Å². The van der Waals surface area contributed by atoms with Crippen LogP contribution in [0.4, 0.5) is 0 Å². The van der Waals surface area contributed by atoms with Gasteiger partial charge in [-0.2, -0.15) is 5.10 Å². The first kappa shape index (κ1) is 18.2. The maximum atomic E-state index is 5.97. The molecule has 2 unspecified atom stereocenters. The second-order valence-electron chi connectivity index (χ2n) is 6.78. The van der Waals surface area contributed by atoms with Gasteiger partial charge in [-0.25, -0.2) is 9.67 Å². The van der Waals surface area contributed by atoms with Crippen molar-refractivity contribution >= 4 is 5.96 Å². The van der Waals surface area contributed by atoms with Crippen molar-refractivity contribution in [3.05, 3.63) is 41.5 Å². The van der Waals surface area contributed by atoms with Gasteiger partial charge in [-0.15, -0.1) is 0 Å². The fourth-order valence-electron chi connectivity index (χ4n) is 3.17. The molecular weight excluding hydrogens is 328 g/mol. The minimum absolute atomic E-state index is 0.0209. The van der Waals surface area contributed by atoms with Crippen LogP contribution in [0.2, 0.25) is 0 Å². The SMILES string of the molecule is CN=C(NCC(C)Oc1cccc(C)c1)NC1CCCn2nc(C)nc21. The standard InChI is InChI=1S/C19H28N6O/c1-13-7-5-8-16(11-13)26-14(2)12-21-19(20-4)23-17-9-6-10-25-18(17)22-15(3)24-25/h5,7-8,11,14,17H,6,9-10,12H2,1-4H3,(H2,20,21,23). The topological polar surface area (TPSA) is 76.4 Å². The Morgan fingerprint density at radius 2 is 2.27 bits per heavy atom. The molecule has 1 aliphatic heterocycles. The second kappa shape index (κ2) is 8.21. The van der Waals surface area contributed by atoms with Gasteiger partial charge in [0.15, 0.2) is 5.96 Å². The molecule has 1 aromatic heterocycles. The Morgan fingerprint density at radius 1 is 1.42 bits per heavy atom. The van der Waals surface area contributed by atoms with E-state index in [1.54, 1.807) is 7.05 Å². The van der Waals surface area contributed by atoms with Crippen LogP contribution in [-0.4, -0.2) is 40.4 Å². The third-order valence-corrected chi connectivity index (χ3v) is 4.40. The van der Waals surface area contributed by atoms with Gasteiger partial charge in [0.2, 0.25) is 0 Å². The molecule has 0 fully saturated rings. The Bertz CT molecular complexity index is 769. The van der Waals surface area contributed by atoms with Crippen molar-refractivity contribution in [2.45, 2.75) is 52.3 Å². The molecule has 1 aromatic carbocycles. The second-order valence-corrected chi connectivity index (χ2v) is 6.78. The fourth-order valence-corrected chi connectivity index (χ4v) is 3.17. The number of aryl methyl sites for hydroxylation is 3. The summed E-state index contributed by atoms with van der Waals surface area (Å²) in [5, 5.41) is 11.3. The van der Waals surface area contributed by atoms with Gasteiger partial charge < -0.3 is 15.4 Å². The summed E-state index contributed by atoms with van der Waals surface area (Å²) in [6, 6.07) is 8.22. The highest BCUT2D eigenvalue weighted by molar-refractivity contribution is 5.80. The Kier molecular flexibility index (Phi) is 5.75. The molecular formula is C19H28N6O. The molecule has 2 N–H and O–H groups in total. The summed E-state index contributed by atoms with van der Waals surface area (Å²) in [4.78, 5) is 8.90. The van der Waals surface area contributed by atoms with Crippen LogP contribution in [0.1, 0.15) is 43.0 Å². The molecule has 2 atom stereocenters. The zero-order valence-corrected chi connectivity index (χ0v) is 16.0. The lowest BCUT2D eigenvalue weighted by molar-refractivity contribution is 0.223. The molecule has 0 radical (unpaired) electrons. The lowest BCUT2D eigenvalue weighted by atomic mass is 10.1. The average Bonchev–Trinajstić information content (AvgIpc) is 2.99. The van der Waals surface area contributed by atoms with Crippen molar-refractivity contribution in [1.29, 1.82) is 0 Å². The Labute approximate surface area is 154 Å². The van der Waals surface area contributed by atoms with E-state index in [-0.39, 0.29) is 12.1 Å². The number of benzene rings is 1. The van der Waals surface area contributed by atoms with Crippen LogP contribution < -0.4 is 15.4 Å². The third-order valence-electron chi connectivity index (χ3n) is 4.40. The molecule has 0 saturated carbocycles. The van der Waals surface area contributed by atoms with Crippen molar-refractivity contribution in [3.8, 4) is 5.75 Å². The maximum Gasteiger partial charge on any atom is 0.191 e. The molecule has 0 aliphatic carbocycles. The van der Waals surface area contributed by atoms with E-state index in [4.69, 9.17) is 4.74 Å². The quantitative estimate of drug-likeness (QED) is 0.635. The zero-order chi connectivity index (χ0) is 18.5. The van der Waals surface area contributed by atoms with E-state index in [1.807, 2.05) is 36.7 Å². The van der Waals surface area contributed by atoms with Crippen LogP contribution in [0.3, 0.4) is 0 Å². The number of aliphatic imine (C=N–C) groups is 1. The number of rotatable bonds is 5. The Balaban J connectivity index is 1.54. The maximum absolute atomic E-state index is 5.97. The molecule has 26 heavy (non-hydrogen) atoms. The van der Waals surface area contributed by atoms with Crippen molar-refractivity contribution in [1.82, 2.24) is 25.4 Å². The van der Waals surface area contributed by atoms with Gasteiger partial charge in [-0.3, -0.25) is 4.99 Å². The van der Waals surface area contributed by atoms with E-state index in [9.17, 15) is 0 Å². The summed E-state index contributed by atoms with van der Waals surface area (Å²) in [5.74, 6) is 3.44. The van der Waals surface area contributed by atoms with Gasteiger partial charge in [0, 0.05) is 13.6 Å². The van der Waals surface area contributed by atoms with Gasteiger partial charge >= 0.3 is 0 Å². The van der Waals surface area contributed by atoms with E-state index >= 15 is 0 Å². The highest BCUT2D eigenvalue weighted by atomic mass is 16.5. The van der Waals surface area contributed by atoms with Crippen molar-refractivity contribution in [3.63, 3.8) is 0 Å². The summed E-state index contributed by atoms with van der Waals surface area (Å²) in [7, 11) is 1.78. The Hall–Kier alpha value is -2.57. The molecule has 140 valence electrons. The molecule has 7 heteroatoms. The fraction of sp³-hybridized carbons (Fsp3) is 0.526. The highest BCUT2D eigenvalue weighted by Crippen LogP contribution is 2.22. The van der Waals surface area contributed by atoms with E-state index in [1.165, 1.54) is 5.56 Å². The van der Waals surface area contributed by atoms with Gasteiger partial charge in [0.25, 0.3) is 0 Å². The van der Waals surface area contributed by atoms with Crippen LogP contribution in [0.15, 0.2) is 29.3 Å². The van der Waals surface area contributed by atoms with E-state index < -0.39 is 0 Å². The number of hydrogen-bond donors (Lipinski definition) is 2. The number of fused-ring (bicyclic) bond motifs is 1.